The summed E-state index contributed by atoms with van der Waals surface area (Å²) in [4.78, 5) is 13.9. The second-order valence-corrected chi connectivity index (χ2v) is 8.55. The molecule has 0 aliphatic rings. The van der Waals surface area contributed by atoms with Gasteiger partial charge in [0.2, 0.25) is 10.0 Å². The number of nitrogens with zero attached hydrogens (tertiary/aromatic N) is 1. The molecule has 0 aliphatic carbocycles. The standard InChI is InChI=1S/C22H21FN2O4S/c1-25(15-17-8-5-9-18(23)12-17)22(27)20-13-19(10-11-21(20)26)30(28,29)24-14-16-6-3-2-4-7-16/h2-13,24,26H,14-15H2,1H3. The molecule has 30 heavy (non-hydrogen) atoms. The average molecular weight is 428 g/mol. The number of aromatic hydroxyl groups is 1. The molecule has 0 atom stereocenters. The third-order valence-corrected chi connectivity index (χ3v) is 5.87. The molecule has 0 fully saturated rings. The summed E-state index contributed by atoms with van der Waals surface area (Å²) in [5, 5.41) is 10.1. The molecule has 156 valence electrons. The second kappa shape index (κ2) is 9.06. The molecule has 0 unspecified atom stereocenters. The number of hydrogen-bond acceptors (Lipinski definition) is 4. The van der Waals surface area contributed by atoms with E-state index < -0.39 is 21.7 Å². The van der Waals surface area contributed by atoms with Gasteiger partial charge in [-0.1, -0.05) is 42.5 Å². The van der Waals surface area contributed by atoms with Crippen molar-refractivity contribution in [2.45, 2.75) is 18.0 Å². The predicted octanol–water partition coefficient (Wildman–Crippen LogP) is 3.28. The van der Waals surface area contributed by atoms with Gasteiger partial charge >= 0.3 is 0 Å². The van der Waals surface area contributed by atoms with E-state index in [1.807, 2.05) is 6.07 Å². The number of sulfonamides is 1. The van der Waals surface area contributed by atoms with E-state index in [9.17, 15) is 22.7 Å². The Morgan fingerprint density at radius 1 is 1.00 bits per heavy atom. The molecule has 8 heteroatoms. The first kappa shape index (κ1) is 21.5. The minimum atomic E-state index is -3.90. The van der Waals surface area contributed by atoms with E-state index >= 15 is 0 Å². The monoisotopic (exact) mass is 428 g/mol. The van der Waals surface area contributed by atoms with Crippen molar-refractivity contribution in [2.24, 2.45) is 0 Å². The van der Waals surface area contributed by atoms with Crippen molar-refractivity contribution in [1.29, 1.82) is 0 Å². The third kappa shape index (κ3) is 5.22. The zero-order valence-corrected chi connectivity index (χ0v) is 17.1. The first-order chi connectivity index (χ1) is 14.3. The number of phenolic OH excluding ortho intramolecular Hbond substituents is 1. The predicted molar refractivity (Wildman–Crippen MR) is 111 cm³/mol. The van der Waals surface area contributed by atoms with Gasteiger partial charge in [-0.15, -0.1) is 0 Å². The summed E-state index contributed by atoms with van der Waals surface area (Å²) in [5.74, 6) is -1.35. The van der Waals surface area contributed by atoms with Crippen LogP contribution < -0.4 is 4.72 Å². The molecule has 0 spiro atoms. The highest BCUT2D eigenvalue weighted by Crippen LogP contribution is 2.23. The van der Waals surface area contributed by atoms with Gasteiger partial charge < -0.3 is 10.0 Å². The van der Waals surface area contributed by atoms with Gasteiger partial charge in [-0.25, -0.2) is 17.5 Å². The van der Waals surface area contributed by atoms with E-state index in [2.05, 4.69) is 4.72 Å². The van der Waals surface area contributed by atoms with Gasteiger partial charge in [0, 0.05) is 20.1 Å². The van der Waals surface area contributed by atoms with Crippen LogP contribution in [0.4, 0.5) is 4.39 Å². The summed E-state index contributed by atoms with van der Waals surface area (Å²) in [6.07, 6.45) is 0. The molecule has 2 N–H and O–H groups in total. The Morgan fingerprint density at radius 2 is 1.70 bits per heavy atom. The minimum Gasteiger partial charge on any atom is -0.507 e. The van der Waals surface area contributed by atoms with Gasteiger partial charge in [-0.05, 0) is 41.5 Å². The Kier molecular flexibility index (Phi) is 6.49. The van der Waals surface area contributed by atoms with Crippen LogP contribution in [-0.4, -0.2) is 31.4 Å². The molecular weight excluding hydrogens is 407 g/mol. The molecule has 3 aromatic rings. The average Bonchev–Trinajstić information content (AvgIpc) is 2.73. The molecule has 0 aromatic heterocycles. The lowest BCUT2D eigenvalue weighted by molar-refractivity contribution is 0.0781. The topological polar surface area (TPSA) is 86.7 Å². The number of rotatable bonds is 7. The first-order valence-electron chi connectivity index (χ1n) is 9.13. The van der Waals surface area contributed by atoms with E-state index in [4.69, 9.17) is 0 Å². The van der Waals surface area contributed by atoms with E-state index in [0.717, 1.165) is 11.6 Å². The van der Waals surface area contributed by atoms with E-state index in [1.165, 1.54) is 42.3 Å². The van der Waals surface area contributed by atoms with E-state index in [0.29, 0.717) is 5.56 Å². The maximum atomic E-state index is 13.4. The molecule has 0 aliphatic heterocycles. The van der Waals surface area contributed by atoms with Crippen molar-refractivity contribution in [2.75, 3.05) is 7.05 Å². The summed E-state index contributed by atoms with van der Waals surface area (Å²) in [6.45, 7) is 0.187. The second-order valence-electron chi connectivity index (χ2n) is 6.78. The number of amides is 1. The summed E-state index contributed by atoms with van der Waals surface area (Å²) in [7, 11) is -2.42. The summed E-state index contributed by atoms with van der Waals surface area (Å²) < 4.78 is 41.1. The molecular formula is C22H21FN2O4S. The van der Waals surface area contributed by atoms with Crippen molar-refractivity contribution < 1.29 is 22.7 Å². The molecule has 6 nitrogen and oxygen atoms in total. The molecule has 0 radical (unpaired) electrons. The minimum absolute atomic E-state index is 0.0901. The van der Waals surface area contributed by atoms with Gasteiger partial charge in [0.15, 0.2) is 0 Å². The largest absolute Gasteiger partial charge is 0.507 e. The molecule has 3 aromatic carbocycles. The molecule has 1 amide bonds. The van der Waals surface area contributed by atoms with Gasteiger partial charge in [0.05, 0.1) is 10.5 Å². The maximum Gasteiger partial charge on any atom is 0.257 e. The van der Waals surface area contributed by atoms with Crippen LogP contribution in [0.15, 0.2) is 77.7 Å². The highest BCUT2D eigenvalue weighted by molar-refractivity contribution is 7.89. The highest BCUT2D eigenvalue weighted by Gasteiger charge is 2.21. The molecule has 3 rings (SSSR count). The highest BCUT2D eigenvalue weighted by atomic mass is 32.2. The fourth-order valence-electron chi connectivity index (χ4n) is 2.90. The lowest BCUT2D eigenvalue weighted by atomic mass is 10.1. The van der Waals surface area contributed by atoms with Crippen LogP contribution in [0, 0.1) is 5.82 Å². The Morgan fingerprint density at radius 3 is 2.40 bits per heavy atom. The van der Waals surface area contributed by atoms with Gasteiger partial charge in [-0.2, -0.15) is 0 Å². The first-order valence-corrected chi connectivity index (χ1v) is 10.6. The Balaban J connectivity index is 1.79. The lowest BCUT2D eigenvalue weighted by Crippen LogP contribution is -2.27. The summed E-state index contributed by atoms with van der Waals surface area (Å²) in [6, 6.07) is 18.3. The third-order valence-electron chi connectivity index (χ3n) is 4.47. The van der Waals surface area contributed by atoms with Crippen LogP contribution in [-0.2, 0) is 23.1 Å². The van der Waals surface area contributed by atoms with Crippen LogP contribution >= 0.6 is 0 Å². The Bertz CT molecular complexity index is 1150. The smallest absolute Gasteiger partial charge is 0.257 e. The number of carbonyl (C=O) groups excluding carboxylic acids is 1. The summed E-state index contributed by atoms with van der Waals surface area (Å²) in [5.41, 5.74) is 1.20. The van der Waals surface area contributed by atoms with Gasteiger partial charge in [0.25, 0.3) is 5.91 Å². The SMILES string of the molecule is CN(Cc1cccc(F)c1)C(=O)c1cc(S(=O)(=O)NCc2ccccc2)ccc1O. The van der Waals surface area contributed by atoms with Crippen LogP contribution in [0.1, 0.15) is 21.5 Å². The van der Waals surface area contributed by atoms with Crippen molar-refractivity contribution in [3.63, 3.8) is 0 Å². The van der Waals surface area contributed by atoms with E-state index in [-0.39, 0.29) is 29.3 Å². The number of phenols is 1. The quantitative estimate of drug-likeness (QED) is 0.605. The zero-order valence-electron chi connectivity index (χ0n) is 16.2. The number of carbonyl (C=O) groups is 1. The Labute approximate surface area is 174 Å². The van der Waals surface area contributed by atoms with Gasteiger partial charge in [-0.3, -0.25) is 4.79 Å². The number of benzene rings is 3. The molecule has 0 heterocycles. The fourth-order valence-corrected chi connectivity index (χ4v) is 3.94. The number of hydrogen-bond donors (Lipinski definition) is 2. The van der Waals surface area contributed by atoms with Crippen molar-refractivity contribution >= 4 is 15.9 Å². The van der Waals surface area contributed by atoms with Crippen LogP contribution in [0.2, 0.25) is 0 Å². The number of nitrogens with one attached hydrogen (secondary N) is 1. The van der Waals surface area contributed by atoms with Crippen molar-refractivity contribution in [3.05, 3.63) is 95.3 Å². The van der Waals surface area contributed by atoms with Gasteiger partial charge in [0.1, 0.15) is 11.6 Å². The maximum absolute atomic E-state index is 13.4. The molecule has 0 saturated heterocycles. The fraction of sp³-hybridized carbons (Fsp3) is 0.136. The number of halogens is 1. The van der Waals surface area contributed by atoms with Crippen molar-refractivity contribution in [1.82, 2.24) is 9.62 Å². The molecule has 0 bridgehead atoms. The summed E-state index contributed by atoms with van der Waals surface area (Å²) >= 11 is 0. The van der Waals surface area contributed by atoms with Crippen LogP contribution in [0.5, 0.6) is 5.75 Å². The lowest BCUT2D eigenvalue weighted by Gasteiger charge is -2.18. The zero-order chi connectivity index (χ0) is 21.7. The Hall–Kier alpha value is -3.23. The normalized spacial score (nSPS) is 11.3. The van der Waals surface area contributed by atoms with E-state index in [1.54, 1.807) is 30.3 Å². The molecule has 0 saturated carbocycles. The van der Waals surface area contributed by atoms with Crippen LogP contribution in [0.3, 0.4) is 0 Å². The van der Waals surface area contributed by atoms with Crippen molar-refractivity contribution in [3.8, 4) is 5.75 Å². The van der Waals surface area contributed by atoms with Crippen LogP contribution in [0.25, 0.3) is 0 Å².